The Morgan fingerprint density at radius 2 is 1.83 bits per heavy atom. The van der Waals surface area contributed by atoms with Gasteiger partial charge in [0.15, 0.2) is 0 Å². The number of piperidine rings is 2. The van der Waals surface area contributed by atoms with Crippen molar-refractivity contribution in [3.05, 3.63) is 23.3 Å². The lowest BCUT2D eigenvalue weighted by molar-refractivity contribution is -0.138. The van der Waals surface area contributed by atoms with E-state index in [1.54, 1.807) is 0 Å². The van der Waals surface area contributed by atoms with Crippen molar-refractivity contribution < 1.29 is 4.79 Å². The highest BCUT2D eigenvalue weighted by molar-refractivity contribution is 5.85. The van der Waals surface area contributed by atoms with Crippen molar-refractivity contribution >= 4 is 18.3 Å². The summed E-state index contributed by atoms with van der Waals surface area (Å²) in [5.41, 5.74) is 2.35. The fraction of sp³-hybridized carbons (Fsp3) is 0.706. The fourth-order valence-electron chi connectivity index (χ4n) is 3.82. The number of hydrogen-bond donors (Lipinski definition) is 1. The molecule has 2 fully saturated rings. The molecule has 23 heavy (non-hydrogen) atoms. The second-order valence-corrected chi connectivity index (χ2v) is 6.88. The zero-order valence-electron chi connectivity index (χ0n) is 14.1. The number of carbonyl (C=O) groups is 1. The highest BCUT2D eigenvalue weighted by Gasteiger charge is 2.39. The number of hydrogen-bond acceptors (Lipinski definition) is 4. The Balaban J connectivity index is 0.00000192. The van der Waals surface area contributed by atoms with Gasteiger partial charge in [-0.15, -0.1) is 12.4 Å². The Bertz CT molecular complexity index is 537. The monoisotopic (exact) mass is 338 g/mol. The first-order valence-corrected chi connectivity index (χ1v) is 8.36. The minimum absolute atomic E-state index is 0. The van der Waals surface area contributed by atoms with E-state index in [-0.39, 0.29) is 12.4 Å². The Kier molecular flexibility index (Phi) is 5.98. The van der Waals surface area contributed by atoms with E-state index in [0.717, 1.165) is 56.2 Å². The number of nitrogens with one attached hydrogen (secondary N) is 1. The van der Waals surface area contributed by atoms with Crippen LogP contribution in [0.3, 0.4) is 0 Å². The molecule has 3 rings (SSSR count). The van der Waals surface area contributed by atoms with E-state index in [1.165, 1.54) is 12.8 Å². The molecule has 1 aromatic rings. The molecule has 0 aromatic carbocycles. The number of amides is 1. The minimum Gasteiger partial charge on any atom is -0.342 e. The molecule has 0 atom stereocenters. The third-order valence-electron chi connectivity index (χ3n) is 5.05. The molecule has 0 radical (unpaired) electrons. The van der Waals surface area contributed by atoms with Gasteiger partial charge in [0.25, 0.3) is 0 Å². The summed E-state index contributed by atoms with van der Waals surface area (Å²) in [6, 6.07) is 1.99. The van der Waals surface area contributed by atoms with Gasteiger partial charge in [-0.3, -0.25) is 4.79 Å². The van der Waals surface area contributed by atoms with E-state index in [2.05, 4.69) is 20.2 Å². The topological polar surface area (TPSA) is 58.1 Å². The number of halogens is 1. The lowest BCUT2D eigenvalue weighted by atomic mass is 9.72. The quantitative estimate of drug-likeness (QED) is 0.916. The third kappa shape index (κ3) is 4.42. The second-order valence-electron chi connectivity index (χ2n) is 6.88. The molecule has 6 heteroatoms. The van der Waals surface area contributed by atoms with E-state index >= 15 is 0 Å². The molecule has 2 aliphatic heterocycles. The lowest BCUT2D eigenvalue weighted by Gasteiger charge is -2.45. The minimum atomic E-state index is 0. The predicted octanol–water partition coefficient (Wildman–Crippen LogP) is 2.05. The van der Waals surface area contributed by atoms with Gasteiger partial charge >= 0.3 is 0 Å². The number of aryl methyl sites for hydroxylation is 2. The van der Waals surface area contributed by atoms with Crippen LogP contribution in [0.25, 0.3) is 0 Å². The summed E-state index contributed by atoms with van der Waals surface area (Å²) < 4.78 is 0. The van der Waals surface area contributed by atoms with Crippen LogP contribution in [-0.4, -0.2) is 47.0 Å². The summed E-state index contributed by atoms with van der Waals surface area (Å²) in [7, 11) is 0. The lowest BCUT2D eigenvalue weighted by Crippen LogP contribution is -2.51. The number of likely N-dealkylation sites (tertiary alicyclic amines) is 1. The maximum atomic E-state index is 12.2. The van der Waals surface area contributed by atoms with Crippen molar-refractivity contribution in [3.63, 3.8) is 0 Å². The van der Waals surface area contributed by atoms with Crippen molar-refractivity contribution in [2.45, 2.75) is 46.0 Å². The molecular formula is C17H27ClN4O. The van der Waals surface area contributed by atoms with Gasteiger partial charge in [0.05, 0.1) is 0 Å². The zero-order chi connectivity index (χ0) is 15.6. The van der Waals surface area contributed by atoms with E-state index in [0.29, 0.717) is 17.7 Å². The number of nitrogens with zero attached hydrogens (tertiary/aromatic N) is 3. The Labute approximate surface area is 144 Å². The van der Waals surface area contributed by atoms with Crippen LogP contribution < -0.4 is 5.32 Å². The predicted molar refractivity (Wildman–Crippen MR) is 92.8 cm³/mol. The molecule has 5 nitrogen and oxygen atoms in total. The molecule has 1 spiro atoms. The third-order valence-corrected chi connectivity index (χ3v) is 5.05. The second kappa shape index (κ2) is 7.58. The van der Waals surface area contributed by atoms with Crippen LogP contribution in [0.5, 0.6) is 0 Å². The highest BCUT2D eigenvalue weighted by Crippen LogP contribution is 2.38. The summed E-state index contributed by atoms with van der Waals surface area (Å²) in [6.07, 6.45) is 4.90. The molecule has 0 unspecified atom stereocenters. The molecule has 3 heterocycles. The average molecular weight is 339 g/mol. The number of carbonyl (C=O) groups excluding carboxylic acids is 1. The Morgan fingerprint density at radius 3 is 2.48 bits per heavy atom. The van der Waals surface area contributed by atoms with Gasteiger partial charge < -0.3 is 10.2 Å². The maximum absolute atomic E-state index is 12.2. The molecule has 2 aliphatic rings. The van der Waals surface area contributed by atoms with E-state index in [9.17, 15) is 4.79 Å². The standard InChI is InChI=1S/C17H26N4O.ClH/c1-13-11-14(2)20-15(19-13)4-10-21-12-17(5-3-16(21)22)6-8-18-9-7-17;/h11,18H,3-10,12H2,1-2H3;1H. The van der Waals surface area contributed by atoms with E-state index in [1.807, 2.05) is 19.9 Å². The van der Waals surface area contributed by atoms with Crippen LogP contribution in [-0.2, 0) is 11.2 Å². The largest absolute Gasteiger partial charge is 0.342 e. The van der Waals surface area contributed by atoms with Crippen LogP contribution in [0.1, 0.15) is 42.9 Å². The maximum Gasteiger partial charge on any atom is 0.222 e. The van der Waals surface area contributed by atoms with Gasteiger partial charge in [-0.1, -0.05) is 0 Å². The molecule has 1 aromatic heterocycles. The summed E-state index contributed by atoms with van der Waals surface area (Å²) >= 11 is 0. The van der Waals surface area contributed by atoms with Crippen LogP contribution in [0.2, 0.25) is 0 Å². The van der Waals surface area contributed by atoms with Crippen molar-refractivity contribution in [1.29, 1.82) is 0 Å². The van der Waals surface area contributed by atoms with Crippen molar-refractivity contribution in [2.75, 3.05) is 26.2 Å². The highest BCUT2D eigenvalue weighted by atomic mass is 35.5. The first kappa shape index (κ1) is 18.1. The molecule has 1 amide bonds. The average Bonchev–Trinajstić information content (AvgIpc) is 2.48. The van der Waals surface area contributed by atoms with E-state index < -0.39 is 0 Å². The molecule has 0 aliphatic carbocycles. The van der Waals surface area contributed by atoms with Gasteiger partial charge in [0.2, 0.25) is 5.91 Å². The number of aromatic nitrogens is 2. The van der Waals surface area contributed by atoms with Gasteiger partial charge in [0, 0.05) is 37.3 Å². The molecule has 1 N–H and O–H groups in total. The van der Waals surface area contributed by atoms with Crippen molar-refractivity contribution in [1.82, 2.24) is 20.2 Å². The molecule has 2 saturated heterocycles. The molecule has 0 bridgehead atoms. The summed E-state index contributed by atoms with van der Waals surface area (Å²) in [5.74, 6) is 1.16. The Hall–Kier alpha value is -1.20. The molecular weight excluding hydrogens is 312 g/mol. The van der Waals surface area contributed by atoms with Crippen LogP contribution in [0.15, 0.2) is 6.07 Å². The normalized spacial score (nSPS) is 20.4. The fourth-order valence-corrected chi connectivity index (χ4v) is 3.82. The molecule has 128 valence electrons. The van der Waals surface area contributed by atoms with Crippen LogP contribution in [0.4, 0.5) is 0 Å². The van der Waals surface area contributed by atoms with Crippen LogP contribution >= 0.6 is 12.4 Å². The van der Waals surface area contributed by atoms with Gasteiger partial charge in [0.1, 0.15) is 5.82 Å². The Morgan fingerprint density at radius 1 is 1.17 bits per heavy atom. The first-order valence-electron chi connectivity index (χ1n) is 8.36. The van der Waals surface area contributed by atoms with Gasteiger partial charge in [-0.05, 0) is 57.7 Å². The van der Waals surface area contributed by atoms with Gasteiger partial charge in [-0.25, -0.2) is 9.97 Å². The number of rotatable bonds is 3. The van der Waals surface area contributed by atoms with Crippen LogP contribution in [0, 0.1) is 19.3 Å². The SMILES string of the molecule is Cc1cc(C)nc(CCN2CC3(CCNCC3)CCC2=O)n1.Cl. The van der Waals surface area contributed by atoms with Crippen molar-refractivity contribution in [3.8, 4) is 0 Å². The summed E-state index contributed by atoms with van der Waals surface area (Å²) in [6.45, 7) is 7.82. The smallest absolute Gasteiger partial charge is 0.222 e. The zero-order valence-corrected chi connectivity index (χ0v) is 14.9. The summed E-state index contributed by atoms with van der Waals surface area (Å²) in [4.78, 5) is 23.3. The van der Waals surface area contributed by atoms with E-state index in [4.69, 9.17) is 0 Å². The molecule has 0 saturated carbocycles. The summed E-state index contributed by atoms with van der Waals surface area (Å²) in [5, 5.41) is 3.43. The van der Waals surface area contributed by atoms with Gasteiger partial charge in [-0.2, -0.15) is 0 Å². The van der Waals surface area contributed by atoms with Crippen molar-refractivity contribution in [2.24, 2.45) is 5.41 Å². The first-order chi connectivity index (χ1) is 10.6.